The molecule has 0 aliphatic heterocycles. The topological polar surface area (TPSA) is 12.5 Å². The van der Waals surface area contributed by atoms with Crippen molar-refractivity contribution in [2.75, 3.05) is 33.4 Å². The Morgan fingerprint density at radius 1 is 0.833 bits per heavy atom. The highest BCUT2D eigenvalue weighted by molar-refractivity contribution is 4.54. The summed E-state index contributed by atoms with van der Waals surface area (Å²) < 4.78 is 5.66. The van der Waals surface area contributed by atoms with E-state index in [1.165, 1.54) is 45.2 Å². The minimum absolute atomic E-state index is 0.771. The van der Waals surface area contributed by atoms with Gasteiger partial charge in [0.05, 0.1) is 0 Å². The molecule has 0 aromatic heterocycles. The van der Waals surface area contributed by atoms with Crippen LogP contribution in [-0.2, 0) is 4.74 Å². The van der Waals surface area contributed by atoms with Crippen molar-refractivity contribution >= 4 is 0 Å². The van der Waals surface area contributed by atoms with Gasteiger partial charge < -0.3 is 9.64 Å². The van der Waals surface area contributed by atoms with Gasteiger partial charge in [0.1, 0.15) is 0 Å². The molecule has 0 atom stereocenters. The molecule has 0 rings (SSSR count). The first-order valence-corrected chi connectivity index (χ1v) is 7.78. The fourth-order valence-corrected chi connectivity index (χ4v) is 2.16. The van der Waals surface area contributed by atoms with Crippen LogP contribution in [0.25, 0.3) is 0 Å². The second-order valence-corrected chi connectivity index (χ2v) is 6.37. The van der Waals surface area contributed by atoms with Crippen LogP contribution < -0.4 is 0 Å². The van der Waals surface area contributed by atoms with Gasteiger partial charge in [-0.3, -0.25) is 0 Å². The van der Waals surface area contributed by atoms with E-state index in [0.29, 0.717) is 0 Å². The molecule has 0 saturated carbocycles. The maximum absolute atomic E-state index is 5.66. The van der Waals surface area contributed by atoms with Crippen molar-refractivity contribution < 1.29 is 4.74 Å². The van der Waals surface area contributed by atoms with Gasteiger partial charge in [-0.2, -0.15) is 0 Å². The first-order valence-electron chi connectivity index (χ1n) is 7.78. The molecule has 110 valence electrons. The average molecular weight is 257 g/mol. The van der Waals surface area contributed by atoms with Crippen LogP contribution >= 0.6 is 0 Å². The summed E-state index contributed by atoms with van der Waals surface area (Å²) in [5.74, 6) is 1.61. The Bertz CT molecular complexity index is 168. The Morgan fingerprint density at radius 2 is 1.44 bits per heavy atom. The van der Waals surface area contributed by atoms with Crippen LogP contribution in [0.15, 0.2) is 0 Å². The first-order chi connectivity index (χ1) is 8.52. The second kappa shape index (κ2) is 12.0. The number of hydrogen-bond acceptors (Lipinski definition) is 2. The highest BCUT2D eigenvalue weighted by atomic mass is 16.5. The zero-order chi connectivity index (χ0) is 13.8. The lowest BCUT2D eigenvalue weighted by atomic mass is 10.1. The largest absolute Gasteiger partial charge is 0.381 e. The fourth-order valence-electron chi connectivity index (χ4n) is 2.16. The molecule has 2 nitrogen and oxygen atoms in total. The molecule has 0 N–H and O–H groups in total. The van der Waals surface area contributed by atoms with Crippen molar-refractivity contribution in [2.45, 2.75) is 59.8 Å². The maximum Gasteiger partial charge on any atom is 0.0466 e. The van der Waals surface area contributed by atoms with E-state index >= 15 is 0 Å². The van der Waals surface area contributed by atoms with Gasteiger partial charge in [0.25, 0.3) is 0 Å². The predicted octanol–water partition coefficient (Wildman–Crippen LogP) is 4.20. The number of ether oxygens (including phenoxy) is 1. The Kier molecular flexibility index (Phi) is 11.9. The fraction of sp³-hybridized carbons (Fsp3) is 1.00. The Hall–Kier alpha value is -0.0800. The molecular formula is C16H35NO. The minimum atomic E-state index is 0.771. The summed E-state index contributed by atoms with van der Waals surface area (Å²) in [5.41, 5.74) is 0. The Labute approximate surface area is 115 Å². The third-order valence-electron chi connectivity index (χ3n) is 3.08. The molecule has 0 fully saturated rings. The zero-order valence-corrected chi connectivity index (χ0v) is 13.4. The second-order valence-electron chi connectivity index (χ2n) is 6.37. The van der Waals surface area contributed by atoms with Crippen LogP contribution in [0.1, 0.15) is 59.8 Å². The summed E-state index contributed by atoms with van der Waals surface area (Å²) in [6.07, 6.45) is 6.34. The van der Waals surface area contributed by atoms with E-state index < -0.39 is 0 Å². The molecule has 0 heterocycles. The quantitative estimate of drug-likeness (QED) is 0.486. The van der Waals surface area contributed by atoms with Gasteiger partial charge in [0, 0.05) is 19.8 Å². The normalized spacial score (nSPS) is 12.0. The van der Waals surface area contributed by atoms with Crippen LogP contribution in [0.4, 0.5) is 0 Å². The third-order valence-corrected chi connectivity index (χ3v) is 3.08. The van der Waals surface area contributed by atoms with Gasteiger partial charge in [-0.15, -0.1) is 0 Å². The molecule has 2 heteroatoms. The molecule has 0 bridgehead atoms. The zero-order valence-electron chi connectivity index (χ0n) is 13.4. The molecule has 0 spiro atoms. The smallest absolute Gasteiger partial charge is 0.0466 e. The summed E-state index contributed by atoms with van der Waals surface area (Å²) in [7, 11) is 2.22. The van der Waals surface area contributed by atoms with Crippen molar-refractivity contribution in [2.24, 2.45) is 11.8 Å². The number of unbranched alkanes of at least 4 members (excludes halogenated alkanes) is 2. The van der Waals surface area contributed by atoms with E-state index in [4.69, 9.17) is 4.74 Å². The van der Waals surface area contributed by atoms with Gasteiger partial charge in [0.2, 0.25) is 0 Å². The van der Waals surface area contributed by atoms with E-state index in [0.717, 1.165) is 25.0 Å². The molecule has 0 saturated heterocycles. The SMILES string of the molecule is CC(C)CCCCOCCCCN(C)CC(C)C. The number of rotatable bonds is 12. The monoisotopic (exact) mass is 257 g/mol. The standard InChI is InChI=1S/C16H35NO/c1-15(2)10-6-8-12-18-13-9-7-11-17(5)14-16(3)4/h15-16H,6-14H2,1-5H3. The maximum atomic E-state index is 5.66. The summed E-state index contributed by atoms with van der Waals surface area (Å²) in [4.78, 5) is 2.42. The van der Waals surface area contributed by atoms with E-state index in [-0.39, 0.29) is 0 Å². The molecule has 0 aliphatic carbocycles. The molecule has 0 aromatic carbocycles. The molecule has 0 radical (unpaired) electrons. The van der Waals surface area contributed by atoms with E-state index in [1.54, 1.807) is 0 Å². The molecule has 0 aliphatic rings. The van der Waals surface area contributed by atoms with Crippen LogP contribution in [0.5, 0.6) is 0 Å². The lowest BCUT2D eigenvalue weighted by molar-refractivity contribution is 0.123. The molecule has 18 heavy (non-hydrogen) atoms. The van der Waals surface area contributed by atoms with Crippen molar-refractivity contribution in [3.63, 3.8) is 0 Å². The highest BCUT2D eigenvalue weighted by Crippen LogP contribution is 2.06. The van der Waals surface area contributed by atoms with Crippen LogP contribution in [-0.4, -0.2) is 38.3 Å². The van der Waals surface area contributed by atoms with Gasteiger partial charge >= 0.3 is 0 Å². The van der Waals surface area contributed by atoms with Gasteiger partial charge in [-0.05, 0) is 44.7 Å². The summed E-state index contributed by atoms with van der Waals surface area (Å²) in [5, 5.41) is 0. The molecule has 0 amide bonds. The average Bonchev–Trinajstić information content (AvgIpc) is 2.25. The van der Waals surface area contributed by atoms with E-state index in [2.05, 4.69) is 39.6 Å². The Morgan fingerprint density at radius 3 is 2.00 bits per heavy atom. The first kappa shape index (κ1) is 17.9. The lowest BCUT2D eigenvalue weighted by Gasteiger charge is -2.18. The summed E-state index contributed by atoms with van der Waals surface area (Å²) in [6, 6.07) is 0. The Balaban J connectivity index is 3.11. The molecular weight excluding hydrogens is 222 g/mol. The predicted molar refractivity (Wildman–Crippen MR) is 81.1 cm³/mol. The van der Waals surface area contributed by atoms with E-state index in [9.17, 15) is 0 Å². The van der Waals surface area contributed by atoms with Crippen molar-refractivity contribution in [1.29, 1.82) is 0 Å². The van der Waals surface area contributed by atoms with Crippen molar-refractivity contribution in [1.82, 2.24) is 4.90 Å². The number of hydrogen-bond donors (Lipinski definition) is 0. The van der Waals surface area contributed by atoms with Crippen LogP contribution in [0, 0.1) is 11.8 Å². The third kappa shape index (κ3) is 14.0. The highest BCUT2D eigenvalue weighted by Gasteiger charge is 2.01. The van der Waals surface area contributed by atoms with E-state index in [1.807, 2.05) is 0 Å². The summed E-state index contributed by atoms with van der Waals surface area (Å²) in [6.45, 7) is 13.4. The van der Waals surface area contributed by atoms with Crippen LogP contribution in [0.3, 0.4) is 0 Å². The number of nitrogens with zero attached hydrogens (tertiary/aromatic N) is 1. The van der Waals surface area contributed by atoms with Gasteiger partial charge in [-0.1, -0.05) is 40.5 Å². The minimum Gasteiger partial charge on any atom is -0.381 e. The van der Waals surface area contributed by atoms with Crippen molar-refractivity contribution in [3.05, 3.63) is 0 Å². The summed E-state index contributed by atoms with van der Waals surface area (Å²) >= 11 is 0. The van der Waals surface area contributed by atoms with Crippen molar-refractivity contribution in [3.8, 4) is 0 Å². The molecule has 0 unspecified atom stereocenters. The molecule has 0 aromatic rings. The van der Waals surface area contributed by atoms with Gasteiger partial charge in [-0.25, -0.2) is 0 Å². The van der Waals surface area contributed by atoms with Gasteiger partial charge in [0.15, 0.2) is 0 Å². The lowest BCUT2D eigenvalue weighted by Crippen LogP contribution is -2.24. The van der Waals surface area contributed by atoms with Crippen LogP contribution in [0.2, 0.25) is 0 Å².